The minimum Gasteiger partial charge on any atom is -0.550 e. The third kappa shape index (κ3) is 7.11. The van der Waals surface area contributed by atoms with Gasteiger partial charge in [-0.15, -0.1) is 0 Å². The van der Waals surface area contributed by atoms with E-state index in [1.165, 1.54) is 11.6 Å². The van der Waals surface area contributed by atoms with Crippen molar-refractivity contribution < 1.29 is 33.0 Å². The molecule has 1 amide bonds. The van der Waals surface area contributed by atoms with Crippen LogP contribution in [0, 0.1) is 30.4 Å². The summed E-state index contributed by atoms with van der Waals surface area (Å²) in [5.74, 6) is -1.60. The number of carbonyl (C=O) groups is 2. The molecule has 6 rings (SSSR count). The fraction of sp³-hybridized carbons (Fsp3) is 0.457. The predicted octanol–water partition coefficient (Wildman–Crippen LogP) is 4.62. The first kappa shape index (κ1) is 31.0. The highest BCUT2D eigenvalue weighted by atomic mass is 19.1. The summed E-state index contributed by atoms with van der Waals surface area (Å²) >= 11 is 0. The molecule has 10 heteroatoms. The molecule has 3 aliphatic heterocycles. The summed E-state index contributed by atoms with van der Waals surface area (Å²) in [6, 6.07) is 13.5. The number of nitrogens with zero attached hydrogens (tertiary/aromatic N) is 3. The summed E-state index contributed by atoms with van der Waals surface area (Å²) in [5.41, 5.74) is 3.69. The van der Waals surface area contributed by atoms with Gasteiger partial charge in [-0.3, -0.25) is 4.79 Å². The zero-order chi connectivity index (χ0) is 31.5. The van der Waals surface area contributed by atoms with Gasteiger partial charge in [-0.05, 0) is 73.4 Å². The molecule has 0 atom stereocenters. The van der Waals surface area contributed by atoms with Gasteiger partial charge in [0.1, 0.15) is 18.2 Å². The zero-order valence-corrected chi connectivity index (χ0v) is 25.5. The number of rotatable bonds is 9. The number of carboxylic acids is 1. The maximum Gasteiger partial charge on any atom is 0.223 e. The Kier molecular flexibility index (Phi) is 9.30. The Morgan fingerprint density at radius 2 is 1.76 bits per heavy atom. The number of aliphatic carboxylic acids is 1. The maximum absolute atomic E-state index is 15.2. The molecule has 0 spiro atoms. The molecule has 238 valence electrons. The van der Waals surface area contributed by atoms with Gasteiger partial charge in [-0.2, -0.15) is 0 Å². The first-order valence-electron chi connectivity index (χ1n) is 15.7. The molecule has 4 heterocycles. The number of carbonyl (C=O) groups excluding carboxylic acids is 2. The third-order valence-corrected chi connectivity index (χ3v) is 9.40. The van der Waals surface area contributed by atoms with E-state index in [1.807, 2.05) is 22.8 Å². The number of aryl methyl sites for hydroxylation is 1. The van der Waals surface area contributed by atoms with Crippen LogP contribution >= 0.6 is 0 Å². The minimum atomic E-state index is -1.04. The molecule has 3 aromatic rings. The Balaban J connectivity index is 1.12. The number of carboxylic acid groups (broad SMARTS) is 1. The van der Waals surface area contributed by atoms with Gasteiger partial charge in [0.2, 0.25) is 5.91 Å². The molecule has 3 fully saturated rings. The number of ether oxygens (including phenoxy) is 2. The van der Waals surface area contributed by atoms with Crippen LogP contribution in [0.15, 0.2) is 48.5 Å². The van der Waals surface area contributed by atoms with Gasteiger partial charge in [0, 0.05) is 62.0 Å². The highest BCUT2D eigenvalue weighted by Crippen LogP contribution is 2.35. The van der Waals surface area contributed by atoms with Crippen molar-refractivity contribution in [3.05, 3.63) is 76.9 Å². The van der Waals surface area contributed by atoms with Gasteiger partial charge in [-0.1, -0.05) is 24.3 Å². The van der Waals surface area contributed by atoms with Crippen LogP contribution in [0.25, 0.3) is 11.3 Å². The fourth-order valence-electron chi connectivity index (χ4n) is 6.52. The monoisotopic (exact) mass is 618 g/mol. The standard InChI is InChI=1S/C35H39F2N3O5/c1-22-15-26(24-7-13-40(14-8-24)33(41)16-23-19-44-20-23)5-6-27(22)21-45-34-29(17-28(36)18-30(34)37)31-3-2-4-32(38-31)39-11-9-25(10-12-39)35(42)43/h2-6,15,17-18,23-25H,7-14,16,19-21H2,1H3,(H,42,43)/p-1. The summed E-state index contributed by atoms with van der Waals surface area (Å²) in [4.78, 5) is 32.4. The van der Waals surface area contributed by atoms with Crippen LogP contribution in [-0.4, -0.2) is 61.2 Å². The van der Waals surface area contributed by atoms with Crippen LogP contribution < -0.4 is 14.7 Å². The minimum absolute atomic E-state index is 0.0781. The second kappa shape index (κ2) is 13.5. The number of halogens is 2. The van der Waals surface area contributed by atoms with Gasteiger partial charge >= 0.3 is 0 Å². The first-order chi connectivity index (χ1) is 21.7. The van der Waals surface area contributed by atoms with Crippen LogP contribution in [-0.2, 0) is 20.9 Å². The number of piperidine rings is 2. The van der Waals surface area contributed by atoms with Gasteiger partial charge in [0.15, 0.2) is 11.6 Å². The van der Waals surface area contributed by atoms with E-state index >= 15 is 4.39 Å². The summed E-state index contributed by atoms with van der Waals surface area (Å²) in [5, 5.41) is 11.2. The normalized spacial score (nSPS) is 18.1. The number of benzene rings is 2. The molecular weight excluding hydrogens is 580 g/mol. The molecule has 0 unspecified atom stereocenters. The van der Waals surface area contributed by atoms with Gasteiger partial charge < -0.3 is 29.2 Å². The second-order valence-corrected chi connectivity index (χ2v) is 12.5. The van der Waals surface area contributed by atoms with Crippen molar-refractivity contribution in [2.75, 3.05) is 44.3 Å². The summed E-state index contributed by atoms with van der Waals surface area (Å²) < 4.78 is 40.8. The van der Waals surface area contributed by atoms with Crippen LogP contribution in [0.4, 0.5) is 14.6 Å². The van der Waals surface area contributed by atoms with E-state index in [0.29, 0.717) is 68.9 Å². The Hall–Kier alpha value is -4.05. The van der Waals surface area contributed by atoms with E-state index in [0.717, 1.165) is 43.1 Å². The van der Waals surface area contributed by atoms with Gasteiger partial charge in [-0.25, -0.2) is 13.8 Å². The van der Waals surface area contributed by atoms with Gasteiger partial charge in [0.05, 0.1) is 18.9 Å². The molecular formula is C35H38F2N3O5-. The average molecular weight is 619 g/mol. The smallest absolute Gasteiger partial charge is 0.223 e. The Labute approximate surface area is 262 Å². The number of aromatic nitrogens is 1. The maximum atomic E-state index is 15.2. The molecule has 0 aliphatic carbocycles. The molecule has 45 heavy (non-hydrogen) atoms. The van der Waals surface area contributed by atoms with E-state index < -0.39 is 23.5 Å². The molecule has 0 bridgehead atoms. The van der Waals surface area contributed by atoms with Crippen molar-refractivity contribution in [2.24, 2.45) is 11.8 Å². The van der Waals surface area contributed by atoms with E-state index in [9.17, 15) is 19.1 Å². The van der Waals surface area contributed by atoms with Crippen molar-refractivity contribution >= 4 is 17.7 Å². The van der Waals surface area contributed by atoms with Gasteiger partial charge in [0.25, 0.3) is 0 Å². The first-order valence-corrected chi connectivity index (χ1v) is 15.7. The number of hydrogen-bond donors (Lipinski definition) is 0. The van der Waals surface area contributed by atoms with Crippen molar-refractivity contribution in [3.63, 3.8) is 0 Å². The lowest BCUT2D eigenvalue weighted by atomic mass is 9.87. The molecule has 1 aromatic heterocycles. The molecule has 3 aliphatic rings. The lowest BCUT2D eigenvalue weighted by Gasteiger charge is -2.34. The zero-order valence-electron chi connectivity index (χ0n) is 25.5. The number of likely N-dealkylation sites (tertiary alicyclic amines) is 1. The van der Waals surface area contributed by atoms with Crippen molar-refractivity contribution in [2.45, 2.75) is 51.6 Å². The Morgan fingerprint density at radius 1 is 1.00 bits per heavy atom. The molecule has 0 N–H and O–H groups in total. The predicted molar refractivity (Wildman–Crippen MR) is 163 cm³/mol. The molecule has 8 nitrogen and oxygen atoms in total. The number of hydrogen-bond acceptors (Lipinski definition) is 7. The van der Waals surface area contributed by atoms with E-state index in [4.69, 9.17) is 9.47 Å². The lowest BCUT2D eigenvalue weighted by molar-refractivity contribution is -0.312. The second-order valence-electron chi connectivity index (χ2n) is 12.5. The average Bonchev–Trinajstić information content (AvgIpc) is 3.02. The number of amides is 1. The molecule has 0 radical (unpaired) electrons. The van der Waals surface area contributed by atoms with Crippen LogP contribution in [0.1, 0.15) is 54.7 Å². The number of pyridine rings is 1. The Morgan fingerprint density at radius 3 is 2.42 bits per heavy atom. The van der Waals surface area contributed by atoms with Crippen LogP contribution in [0.2, 0.25) is 0 Å². The van der Waals surface area contributed by atoms with Crippen LogP contribution in [0.3, 0.4) is 0 Å². The highest BCUT2D eigenvalue weighted by molar-refractivity contribution is 5.76. The van der Waals surface area contributed by atoms with Crippen molar-refractivity contribution in [1.82, 2.24) is 9.88 Å². The van der Waals surface area contributed by atoms with Crippen molar-refractivity contribution in [1.29, 1.82) is 0 Å². The summed E-state index contributed by atoms with van der Waals surface area (Å²) in [6.07, 6.45) is 3.29. The molecule has 3 saturated heterocycles. The quantitative estimate of drug-likeness (QED) is 0.345. The topological polar surface area (TPSA) is 95.0 Å². The van der Waals surface area contributed by atoms with Crippen LogP contribution in [0.5, 0.6) is 5.75 Å². The van der Waals surface area contributed by atoms with E-state index in [-0.39, 0.29) is 23.8 Å². The SMILES string of the molecule is Cc1cc(C2CCN(C(=O)CC3COC3)CC2)ccc1COc1c(F)cc(F)cc1-c1cccc(N2CCC(C(=O)[O-])CC2)n1. The molecule has 2 aromatic carbocycles. The summed E-state index contributed by atoms with van der Waals surface area (Å²) in [6.45, 7) is 5.96. The largest absolute Gasteiger partial charge is 0.550 e. The van der Waals surface area contributed by atoms with E-state index in [1.54, 1.807) is 18.2 Å². The number of anilines is 1. The van der Waals surface area contributed by atoms with E-state index in [2.05, 4.69) is 17.1 Å². The summed E-state index contributed by atoms with van der Waals surface area (Å²) in [7, 11) is 0. The lowest BCUT2D eigenvalue weighted by Crippen LogP contribution is -2.41. The van der Waals surface area contributed by atoms with Crippen molar-refractivity contribution in [3.8, 4) is 17.0 Å². The fourth-order valence-corrected chi connectivity index (χ4v) is 6.52. The molecule has 0 saturated carbocycles. The Bertz CT molecular complexity index is 1550. The highest BCUT2D eigenvalue weighted by Gasteiger charge is 2.28. The third-order valence-electron chi connectivity index (χ3n) is 9.40.